The summed E-state index contributed by atoms with van der Waals surface area (Å²) in [6.45, 7) is 11.6. The molecule has 0 bridgehead atoms. The van der Waals surface area contributed by atoms with Crippen LogP contribution in [0.25, 0.3) is 59.4 Å². The summed E-state index contributed by atoms with van der Waals surface area (Å²) in [7, 11) is 2.23. The second kappa shape index (κ2) is 10.3. The largest absolute Gasteiger partial charge is 0.295 e. The third kappa shape index (κ3) is 4.18. The van der Waals surface area contributed by atoms with Gasteiger partial charge < -0.3 is 0 Å². The molecule has 0 aliphatic carbocycles. The highest BCUT2D eigenvalue weighted by molar-refractivity contribution is 7.25. The predicted octanol–water partition coefficient (Wildman–Crippen LogP) is 10.7. The van der Waals surface area contributed by atoms with E-state index in [1.54, 1.807) is 0 Å². The minimum absolute atomic E-state index is 0.352. The molecule has 2 nitrogen and oxygen atoms in total. The maximum atomic E-state index is 2.57. The molecule has 0 aliphatic heterocycles. The predicted molar refractivity (Wildman–Crippen MR) is 181 cm³/mol. The zero-order valence-electron chi connectivity index (χ0n) is 25.3. The number of hydrogen-bond acceptors (Lipinski definition) is 1. The first-order chi connectivity index (χ1) is 20.3. The number of fused-ring (bicyclic) bond motifs is 4. The van der Waals surface area contributed by atoms with Gasteiger partial charge in [0.1, 0.15) is 5.69 Å². The maximum absolute atomic E-state index is 2.57. The van der Waals surface area contributed by atoms with Crippen molar-refractivity contribution in [2.75, 3.05) is 0 Å². The summed E-state index contributed by atoms with van der Waals surface area (Å²) < 4.78 is 7.66. The van der Waals surface area contributed by atoms with E-state index in [-0.39, 0.29) is 0 Å². The highest BCUT2D eigenvalue weighted by atomic mass is 32.1. The molecule has 0 radical (unpaired) electrons. The summed E-state index contributed by atoms with van der Waals surface area (Å²) in [4.78, 5) is 0. The third-order valence-electron chi connectivity index (χ3n) is 8.72. The number of benzene rings is 5. The van der Waals surface area contributed by atoms with Crippen LogP contribution in [0, 0.1) is 6.92 Å². The summed E-state index contributed by atoms with van der Waals surface area (Å²) in [5.74, 6) is 1.93. The van der Waals surface area contributed by atoms with E-state index in [4.69, 9.17) is 0 Å². The summed E-state index contributed by atoms with van der Waals surface area (Å²) in [5, 5.41) is 2.67. The van der Waals surface area contributed by atoms with Crippen LogP contribution in [-0.2, 0) is 7.05 Å². The van der Waals surface area contributed by atoms with Gasteiger partial charge in [-0.15, -0.1) is 11.3 Å². The molecule has 5 aromatic carbocycles. The van der Waals surface area contributed by atoms with E-state index in [2.05, 4.69) is 154 Å². The van der Waals surface area contributed by atoms with Gasteiger partial charge in [0, 0.05) is 31.3 Å². The van der Waals surface area contributed by atoms with Crippen molar-refractivity contribution in [1.82, 2.24) is 4.57 Å². The van der Waals surface area contributed by atoms with Gasteiger partial charge in [0.25, 0.3) is 5.82 Å². The van der Waals surface area contributed by atoms with Gasteiger partial charge in [-0.05, 0) is 77.9 Å². The first-order valence-corrected chi connectivity index (χ1v) is 15.8. The van der Waals surface area contributed by atoms with Crippen LogP contribution in [0.2, 0.25) is 0 Å². The molecule has 7 aromatic rings. The van der Waals surface area contributed by atoms with Crippen molar-refractivity contribution in [3.8, 4) is 28.2 Å². The Hall–Kier alpha value is -4.21. The highest BCUT2D eigenvalue weighted by Crippen LogP contribution is 2.42. The number of rotatable bonds is 5. The first kappa shape index (κ1) is 26.7. The van der Waals surface area contributed by atoms with Crippen LogP contribution in [0.15, 0.2) is 103 Å². The number of para-hydroxylation sites is 2. The number of thiophene rings is 1. The monoisotopic (exact) mass is 565 g/mol. The molecule has 0 fully saturated rings. The Morgan fingerprint density at radius 1 is 0.643 bits per heavy atom. The summed E-state index contributed by atoms with van der Waals surface area (Å²) in [6.07, 6.45) is 0. The van der Waals surface area contributed by atoms with Crippen LogP contribution >= 0.6 is 11.3 Å². The minimum atomic E-state index is 0.352. The maximum Gasteiger partial charge on any atom is 0.295 e. The van der Waals surface area contributed by atoms with Gasteiger partial charge in [-0.1, -0.05) is 88.4 Å². The van der Waals surface area contributed by atoms with Crippen LogP contribution < -0.4 is 4.57 Å². The molecular formula is C39H37N2S+. The molecule has 208 valence electrons. The van der Waals surface area contributed by atoms with Gasteiger partial charge in [0.15, 0.2) is 11.0 Å². The molecule has 3 heteroatoms. The normalized spacial score (nSPS) is 12.0. The Kier molecular flexibility index (Phi) is 6.51. The van der Waals surface area contributed by atoms with Gasteiger partial charge in [-0.3, -0.25) is 0 Å². The van der Waals surface area contributed by atoms with Crippen LogP contribution in [0.4, 0.5) is 0 Å². The van der Waals surface area contributed by atoms with Crippen LogP contribution in [0.3, 0.4) is 0 Å². The molecule has 0 N–H and O–H groups in total. The van der Waals surface area contributed by atoms with Crippen molar-refractivity contribution in [2.45, 2.75) is 46.5 Å². The van der Waals surface area contributed by atoms with Crippen LogP contribution in [-0.4, -0.2) is 4.57 Å². The van der Waals surface area contributed by atoms with E-state index in [1.807, 2.05) is 11.3 Å². The minimum Gasteiger partial charge on any atom is -0.225 e. The van der Waals surface area contributed by atoms with Crippen LogP contribution in [0.1, 0.15) is 56.2 Å². The molecule has 42 heavy (non-hydrogen) atoms. The van der Waals surface area contributed by atoms with Gasteiger partial charge >= 0.3 is 0 Å². The Labute approximate surface area is 252 Å². The third-order valence-corrected chi connectivity index (χ3v) is 9.86. The van der Waals surface area contributed by atoms with E-state index >= 15 is 0 Å². The number of hydrogen-bond donors (Lipinski definition) is 0. The Morgan fingerprint density at radius 2 is 1.29 bits per heavy atom. The molecular weight excluding hydrogens is 529 g/mol. The number of nitrogens with zero attached hydrogens (tertiary/aromatic N) is 2. The molecule has 0 atom stereocenters. The highest BCUT2D eigenvalue weighted by Gasteiger charge is 2.32. The van der Waals surface area contributed by atoms with E-state index in [0.29, 0.717) is 11.8 Å². The van der Waals surface area contributed by atoms with Crippen molar-refractivity contribution in [3.05, 3.63) is 120 Å². The van der Waals surface area contributed by atoms with Crippen molar-refractivity contribution >= 4 is 42.5 Å². The van der Waals surface area contributed by atoms with Gasteiger partial charge in [-0.2, -0.15) is 4.57 Å². The van der Waals surface area contributed by atoms with E-state index in [1.165, 1.54) is 76.1 Å². The standard InChI is InChI=1S/C39H37N2S/c1-24(2)30-21-28(27-14-8-7-9-15-27)22-31(25(3)4)38(30)41-35-18-12-11-17-34(35)40(6)39(41)32-23-33-29-16-10-13-19-36(29)42-37(33)20-26(32)5/h7-25H,1-6H3/q+1. The lowest BCUT2D eigenvalue weighted by atomic mass is 9.88. The molecule has 2 aromatic heterocycles. The lowest BCUT2D eigenvalue weighted by Gasteiger charge is -2.21. The summed E-state index contributed by atoms with van der Waals surface area (Å²) >= 11 is 1.89. The lowest BCUT2D eigenvalue weighted by Crippen LogP contribution is -2.30. The topological polar surface area (TPSA) is 8.81 Å². The molecule has 0 saturated heterocycles. The van der Waals surface area contributed by atoms with Crippen molar-refractivity contribution < 1.29 is 4.57 Å². The van der Waals surface area contributed by atoms with Crippen molar-refractivity contribution in [1.29, 1.82) is 0 Å². The average Bonchev–Trinajstić information content (AvgIpc) is 3.50. The smallest absolute Gasteiger partial charge is 0.225 e. The lowest BCUT2D eigenvalue weighted by molar-refractivity contribution is -0.633. The Balaban J connectivity index is 1.61. The molecule has 0 amide bonds. The number of aryl methyl sites for hydroxylation is 2. The van der Waals surface area contributed by atoms with Gasteiger partial charge in [0.05, 0.1) is 12.6 Å². The molecule has 0 unspecified atom stereocenters. The van der Waals surface area contributed by atoms with Crippen molar-refractivity contribution in [2.24, 2.45) is 7.05 Å². The number of aromatic nitrogens is 2. The molecule has 7 rings (SSSR count). The Morgan fingerprint density at radius 3 is 2.00 bits per heavy atom. The molecule has 2 heterocycles. The fourth-order valence-corrected chi connectivity index (χ4v) is 7.76. The summed E-state index contributed by atoms with van der Waals surface area (Å²) in [5.41, 5.74) is 11.7. The van der Waals surface area contributed by atoms with Gasteiger partial charge in [-0.25, -0.2) is 4.57 Å². The van der Waals surface area contributed by atoms with Crippen molar-refractivity contribution in [3.63, 3.8) is 0 Å². The Bertz CT molecular complexity index is 2080. The molecule has 0 spiro atoms. The SMILES string of the molecule is Cc1cc2sc3ccccc3c2cc1-c1n(-c2c(C(C)C)cc(-c3ccccc3)cc2C(C)C)c2ccccc2[n+]1C. The zero-order chi connectivity index (χ0) is 29.1. The van der Waals surface area contributed by atoms with E-state index in [9.17, 15) is 0 Å². The average molecular weight is 566 g/mol. The first-order valence-electron chi connectivity index (χ1n) is 15.0. The number of imidazole rings is 1. The van der Waals surface area contributed by atoms with Gasteiger partial charge in [0.2, 0.25) is 0 Å². The van der Waals surface area contributed by atoms with Crippen LogP contribution in [0.5, 0.6) is 0 Å². The second-order valence-corrected chi connectivity index (χ2v) is 13.2. The second-order valence-electron chi connectivity index (χ2n) is 12.1. The molecule has 0 aliphatic rings. The summed E-state index contributed by atoms with van der Waals surface area (Å²) in [6, 6.07) is 38.2. The quantitative estimate of drug-likeness (QED) is 0.184. The molecule has 0 saturated carbocycles. The zero-order valence-corrected chi connectivity index (χ0v) is 26.1. The van der Waals surface area contributed by atoms with E-state index < -0.39 is 0 Å². The fraction of sp³-hybridized carbons (Fsp3) is 0.205. The fourth-order valence-electron chi connectivity index (χ4n) is 6.57. The van der Waals surface area contributed by atoms with E-state index in [0.717, 1.165) is 0 Å².